The van der Waals surface area contributed by atoms with Crippen molar-refractivity contribution >= 4 is 15.9 Å². The van der Waals surface area contributed by atoms with Crippen LogP contribution in [0.4, 0.5) is 0 Å². The lowest BCUT2D eigenvalue weighted by molar-refractivity contribution is 0.0956. The lowest BCUT2D eigenvalue weighted by atomic mass is 10.2. The van der Waals surface area contributed by atoms with Crippen molar-refractivity contribution in [2.45, 2.75) is 33.1 Å². The zero-order chi connectivity index (χ0) is 19.4. The van der Waals surface area contributed by atoms with E-state index in [4.69, 9.17) is 0 Å². The first kappa shape index (κ1) is 19.6. The van der Waals surface area contributed by atoms with E-state index in [9.17, 15) is 13.2 Å². The summed E-state index contributed by atoms with van der Waals surface area (Å²) in [5.41, 5.74) is 3.17. The van der Waals surface area contributed by atoms with Crippen LogP contribution in [0.25, 0.3) is 5.69 Å². The van der Waals surface area contributed by atoms with Gasteiger partial charge in [0.05, 0.1) is 17.1 Å². The zero-order valence-corrected chi connectivity index (χ0v) is 16.6. The van der Waals surface area contributed by atoms with Gasteiger partial charge < -0.3 is 5.32 Å². The van der Waals surface area contributed by atoms with Gasteiger partial charge in [0.15, 0.2) is 0 Å². The fraction of sp³-hybridized carbons (Fsp3) is 0.474. The van der Waals surface area contributed by atoms with Crippen LogP contribution < -0.4 is 5.32 Å². The second-order valence-corrected chi connectivity index (χ2v) is 9.01. The summed E-state index contributed by atoms with van der Waals surface area (Å²) in [6.45, 7) is 5.14. The zero-order valence-electron chi connectivity index (χ0n) is 15.8. The van der Waals surface area contributed by atoms with E-state index in [1.807, 2.05) is 26.0 Å². The van der Waals surface area contributed by atoms with E-state index in [1.165, 1.54) is 4.31 Å². The molecule has 0 aliphatic carbocycles. The molecule has 2 aromatic rings. The van der Waals surface area contributed by atoms with E-state index < -0.39 is 10.0 Å². The largest absolute Gasteiger partial charge is 0.351 e. The third-order valence-electron chi connectivity index (χ3n) is 4.72. The molecule has 1 aromatic heterocycles. The van der Waals surface area contributed by atoms with E-state index in [2.05, 4.69) is 10.4 Å². The average molecular weight is 391 g/mol. The molecule has 1 fully saturated rings. The highest BCUT2D eigenvalue weighted by Crippen LogP contribution is 2.15. The number of aromatic nitrogens is 2. The number of sulfonamides is 1. The predicted octanol–water partition coefficient (Wildman–Crippen LogP) is 2.03. The first-order valence-corrected chi connectivity index (χ1v) is 10.9. The lowest BCUT2D eigenvalue weighted by Crippen LogP contribution is -2.40. The highest BCUT2D eigenvalue weighted by molar-refractivity contribution is 7.89. The van der Waals surface area contributed by atoms with Crippen LogP contribution >= 0.6 is 0 Å². The Morgan fingerprint density at radius 3 is 2.56 bits per heavy atom. The van der Waals surface area contributed by atoms with E-state index in [0.717, 1.165) is 36.3 Å². The number of nitrogens with zero attached hydrogens (tertiary/aromatic N) is 3. The van der Waals surface area contributed by atoms with Crippen LogP contribution in [-0.4, -0.2) is 53.8 Å². The molecule has 1 aliphatic rings. The Balaban J connectivity index is 1.61. The number of hydrogen-bond acceptors (Lipinski definition) is 4. The van der Waals surface area contributed by atoms with Gasteiger partial charge in [-0.25, -0.2) is 17.4 Å². The molecule has 146 valence electrons. The fourth-order valence-electron chi connectivity index (χ4n) is 3.34. The second-order valence-electron chi connectivity index (χ2n) is 6.92. The summed E-state index contributed by atoms with van der Waals surface area (Å²) in [6, 6.07) is 9.12. The van der Waals surface area contributed by atoms with Crippen molar-refractivity contribution in [3.63, 3.8) is 0 Å². The molecule has 8 heteroatoms. The van der Waals surface area contributed by atoms with Crippen LogP contribution in [0.1, 0.15) is 41.0 Å². The summed E-state index contributed by atoms with van der Waals surface area (Å²) in [5, 5.41) is 7.15. The molecule has 0 atom stereocenters. The van der Waals surface area contributed by atoms with Gasteiger partial charge in [-0.05, 0) is 51.0 Å². The van der Waals surface area contributed by atoms with E-state index in [0.29, 0.717) is 18.7 Å². The van der Waals surface area contributed by atoms with Crippen molar-refractivity contribution in [3.05, 3.63) is 47.3 Å². The lowest BCUT2D eigenvalue weighted by Gasteiger charge is -2.25. The summed E-state index contributed by atoms with van der Waals surface area (Å²) in [7, 11) is -3.31. The molecule has 0 bridgehead atoms. The SMILES string of the molecule is Cc1cc(C)n(-c2cccc(C(=O)NCCS(=O)(=O)N3CCCCC3)c2)n1. The minimum atomic E-state index is -3.31. The number of piperidine rings is 1. The monoisotopic (exact) mass is 390 g/mol. The smallest absolute Gasteiger partial charge is 0.251 e. The Morgan fingerprint density at radius 2 is 1.89 bits per heavy atom. The molecule has 0 radical (unpaired) electrons. The molecular weight excluding hydrogens is 364 g/mol. The third-order valence-corrected chi connectivity index (χ3v) is 6.59. The van der Waals surface area contributed by atoms with Gasteiger partial charge in [0, 0.05) is 30.9 Å². The minimum Gasteiger partial charge on any atom is -0.351 e. The summed E-state index contributed by atoms with van der Waals surface area (Å²) in [5.74, 6) is -0.358. The van der Waals surface area contributed by atoms with Gasteiger partial charge >= 0.3 is 0 Å². The second kappa shape index (κ2) is 8.22. The fourth-order valence-corrected chi connectivity index (χ4v) is 4.77. The third kappa shape index (κ3) is 4.75. The quantitative estimate of drug-likeness (QED) is 0.818. The van der Waals surface area contributed by atoms with E-state index in [1.54, 1.807) is 22.9 Å². The average Bonchev–Trinajstić information content (AvgIpc) is 3.00. The molecule has 0 unspecified atom stereocenters. The Hall–Kier alpha value is -2.19. The molecule has 27 heavy (non-hydrogen) atoms. The van der Waals surface area contributed by atoms with Crippen molar-refractivity contribution in [1.29, 1.82) is 0 Å². The van der Waals surface area contributed by atoms with Crippen molar-refractivity contribution in [2.75, 3.05) is 25.4 Å². The van der Waals surface area contributed by atoms with Crippen molar-refractivity contribution in [1.82, 2.24) is 19.4 Å². The number of nitrogens with one attached hydrogen (secondary N) is 1. The maximum absolute atomic E-state index is 12.4. The molecule has 2 heterocycles. The van der Waals surface area contributed by atoms with Gasteiger partial charge in [0.2, 0.25) is 10.0 Å². The topological polar surface area (TPSA) is 84.3 Å². The number of hydrogen-bond donors (Lipinski definition) is 1. The molecular formula is C19H26N4O3S. The molecule has 1 saturated heterocycles. The van der Waals surface area contributed by atoms with Gasteiger partial charge in [0.25, 0.3) is 5.91 Å². The summed E-state index contributed by atoms with van der Waals surface area (Å²) < 4.78 is 28.0. The number of carbonyl (C=O) groups is 1. The standard InChI is InChI=1S/C19H26N4O3S/c1-15-13-16(2)23(21-15)18-8-6-7-17(14-18)19(24)20-9-12-27(25,26)22-10-4-3-5-11-22/h6-8,13-14H,3-5,9-12H2,1-2H3,(H,20,24). The van der Waals surface area contributed by atoms with E-state index >= 15 is 0 Å². The van der Waals surface area contributed by atoms with Crippen molar-refractivity contribution < 1.29 is 13.2 Å². The van der Waals surface area contributed by atoms with Gasteiger partial charge in [-0.15, -0.1) is 0 Å². The van der Waals surface area contributed by atoms with E-state index in [-0.39, 0.29) is 18.2 Å². The molecule has 3 rings (SSSR count). The van der Waals surface area contributed by atoms with Gasteiger partial charge in [0.1, 0.15) is 0 Å². The van der Waals surface area contributed by atoms with Crippen LogP contribution in [0.5, 0.6) is 0 Å². The van der Waals surface area contributed by atoms with Gasteiger partial charge in [-0.1, -0.05) is 12.5 Å². The first-order valence-electron chi connectivity index (χ1n) is 9.26. The number of rotatable bonds is 6. The Morgan fingerprint density at radius 1 is 1.15 bits per heavy atom. The molecule has 0 saturated carbocycles. The van der Waals surface area contributed by atoms with Crippen LogP contribution in [-0.2, 0) is 10.0 Å². The molecule has 1 aliphatic heterocycles. The number of aryl methyl sites for hydroxylation is 2. The predicted molar refractivity (Wildman–Crippen MR) is 105 cm³/mol. The summed E-state index contributed by atoms with van der Waals surface area (Å²) >= 11 is 0. The van der Waals surface area contributed by atoms with Gasteiger partial charge in [-0.3, -0.25) is 4.79 Å². The number of amides is 1. The number of benzene rings is 1. The summed E-state index contributed by atoms with van der Waals surface area (Å²) in [4.78, 5) is 12.4. The Labute approximate surface area is 160 Å². The molecule has 1 aromatic carbocycles. The maximum Gasteiger partial charge on any atom is 0.251 e. The van der Waals surface area contributed by atoms with Crippen LogP contribution in [0.15, 0.2) is 30.3 Å². The normalized spacial score (nSPS) is 15.6. The van der Waals surface area contributed by atoms with Crippen LogP contribution in [0, 0.1) is 13.8 Å². The highest BCUT2D eigenvalue weighted by Gasteiger charge is 2.23. The maximum atomic E-state index is 12.4. The van der Waals surface area contributed by atoms with Gasteiger partial charge in [-0.2, -0.15) is 5.10 Å². The molecule has 7 nitrogen and oxygen atoms in total. The first-order chi connectivity index (χ1) is 12.9. The van der Waals surface area contributed by atoms with Crippen molar-refractivity contribution in [3.8, 4) is 5.69 Å². The summed E-state index contributed by atoms with van der Waals surface area (Å²) in [6.07, 6.45) is 2.89. The van der Waals surface area contributed by atoms with Crippen LogP contribution in [0.2, 0.25) is 0 Å². The number of carbonyl (C=O) groups excluding carboxylic acids is 1. The molecule has 1 amide bonds. The van der Waals surface area contributed by atoms with Crippen LogP contribution in [0.3, 0.4) is 0 Å². The molecule has 0 spiro atoms. The Bertz CT molecular complexity index is 915. The highest BCUT2D eigenvalue weighted by atomic mass is 32.2. The molecule has 1 N–H and O–H groups in total. The minimum absolute atomic E-state index is 0.0735. The van der Waals surface area contributed by atoms with Crippen molar-refractivity contribution in [2.24, 2.45) is 0 Å². The Kier molecular flexibility index (Phi) is 5.96.